The number of ether oxygens (including phenoxy) is 3. The second-order valence-electron chi connectivity index (χ2n) is 6.69. The highest BCUT2D eigenvalue weighted by atomic mass is 32.1. The van der Waals surface area contributed by atoms with E-state index in [4.69, 9.17) is 24.3 Å². The van der Waals surface area contributed by atoms with Gasteiger partial charge >= 0.3 is 0 Å². The van der Waals surface area contributed by atoms with Crippen LogP contribution in [0.1, 0.15) is 10.4 Å². The van der Waals surface area contributed by atoms with Crippen LogP contribution < -0.4 is 19.0 Å². The maximum absolute atomic E-state index is 5.54. The Morgan fingerprint density at radius 1 is 0.906 bits per heavy atom. The summed E-state index contributed by atoms with van der Waals surface area (Å²) in [5.41, 5.74) is 2.91. The van der Waals surface area contributed by atoms with Crippen LogP contribution in [0.3, 0.4) is 0 Å². The minimum absolute atomic E-state index is 0.552. The van der Waals surface area contributed by atoms with Gasteiger partial charge in [-0.15, -0.1) is 22.7 Å². The first-order valence-corrected chi connectivity index (χ1v) is 11.6. The fraction of sp³-hybridized carbons (Fsp3) is 0.167. The van der Waals surface area contributed by atoms with Crippen molar-refractivity contribution in [3.05, 3.63) is 80.6 Å². The average molecular weight is 466 g/mol. The lowest BCUT2D eigenvalue weighted by Gasteiger charge is -2.14. The summed E-state index contributed by atoms with van der Waals surface area (Å²) in [6, 6.07) is 18.0. The molecule has 0 N–H and O–H groups in total. The van der Waals surface area contributed by atoms with Crippen molar-refractivity contribution in [3.8, 4) is 28.5 Å². The van der Waals surface area contributed by atoms with Gasteiger partial charge in [0.1, 0.15) is 0 Å². The van der Waals surface area contributed by atoms with E-state index >= 15 is 0 Å². The molecule has 0 unspecified atom stereocenters. The van der Waals surface area contributed by atoms with Gasteiger partial charge in [0.15, 0.2) is 11.5 Å². The van der Waals surface area contributed by atoms with Gasteiger partial charge in [-0.2, -0.15) is 5.10 Å². The monoisotopic (exact) mass is 465 g/mol. The second-order valence-corrected chi connectivity index (χ2v) is 8.51. The molecule has 0 bridgehead atoms. The third kappa shape index (κ3) is 4.76. The summed E-state index contributed by atoms with van der Waals surface area (Å²) >= 11 is 3.17. The summed E-state index contributed by atoms with van der Waals surface area (Å²) in [6.45, 7) is 0.574. The Morgan fingerprint density at radius 3 is 2.28 bits per heavy atom. The lowest BCUT2D eigenvalue weighted by Crippen LogP contribution is -2.12. The van der Waals surface area contributed by atoms with Crippen molar-refractivity contribution in [3.63, 3.8) is 0 Å². The molecule has 0 fully saturated rings. The molecule has 0 amide bonds. The zero-order chi connectivity index (χ0) is 22.3. The van der Waals surface area contributed by atoms with Crippen LogP contribution in [0.2, 0.25) is 0 Å². The Bertz CT molecular complexity index is 1230. The third-order valence-corrected chi connectivity index (χ3v) is 6.39. The highest BCUT2D eigenvalue weighted by Gasteiger charge is 2.17. The first-order valence-electron chi connectivity index (χ1n) is 9.86. The standard InChI is InChI=1S/C24H23N3O3S2/c1-28-21-12-18(13-22(29-2)23(21)30-3)20-16-32-24(25-14-17-8-5-4-6-9-17)27(20)26-15-19-10-7-11-31-19/h4-13,15-16H,14H2,1-3H3. The molecule has 4 aromatic rings. The molecule has 0 aliphatic rings. The predicted octanol–water partition coefficient (Wildman–Crippen LogP) is 5.29. The Morgan fingerprint density at radius 2 is 1.66 bits per heavy atom. The molecule has 2 aromatic carbocycles. The van der Waals surface area contributed by atoms with Crippen LogP contribution >= 0.6 is 22.7 Å². The maximum atomic E-state index is 5.54. The van der Waals surface area contributed by atoms with Crippen LogP contribution in [-0.4, -0.2) is 32.2 Å². The number of thiophene rings is 1. The number of nitrogens with zero attached hydrogens (tertiary/aromatic N) is 3. The summed E-state index contributed by atoms with van der Waals surface area (Å²) in [5.74, 6) is 1.73. The fourth-order valence-corrected chi connectivity index (χ4v) is 4.59. The van der Waals surface area contributed by atoms with Crippen molar-refractivity contribution in [1.29, 1.82) is 0 Å². The number of rotatable bonds is 8. The minimum Gasteiger partial charge on any atom is -0.493 e. The molecule has 32 heavy (non-hydrogen) atoms. The van der Waals surface area contributed by atoms with Gasteiger partial charge < -0.3 is 14.2 Å². The Balaban J connectivity index is 1.82. The molecular formula is C24H23N3O3S2. The molecule has 0 saturated carbocycles. The van der Waals surface area contributed by atoms with E-state index in [1.807, 2.05) is 64.1 Å². The molecule has 6 nitrogen and oxygen atoms in total. The van der Waals surface area contributed by atoms with E-state index in [0.717, 1.165) is 26.5 Å². The lowest BCUT2D eigenvalue weighted by atomic mass is 10.1. The molecule has 164 valence electrons. The van der Waals surface area contributed by atoms with Gasteiger partial charge in [0.2, 0.25) is 10.6 Å². The zero-order valence-corrected chi connectivity index (χ0v) is 19.7. The van der Waals surface area contributed by atoms with Crippen LogP contribution in [0.25, 0.3) is 11.3 Å². The normalized spacial score (nSPS) is 11.8. The van der Waals surface area contributed by atoms with Gasteiger partial charge in [-0.05, 0) is 29.1 Å². The largest absolute Gasteiger partial charge is 0.493 e. The van der Waals surface area contributed by atoms with Gasteiger partial charge in [0.05, 0.1) is 39.8 Å². The average Bonchev–Trinajstić information content (AvgIpc) is 3.50. The fourth-order valence-electron chi connectivity index (χ4n) is 3.17. The van der Waals surface area contributed by atoms with Gasteiger partial charge in [-0.25, -0.2) is 4.68 Å². The molecule has 0 aliphatic carbocycles. The van der Waals surface area contributed by atoms with Gasteiger partial charge in [-0.1, -0.05) is 36.4 Å². The third-order valence-electron chi connectivity index (χ3n) is 4.73. The second kappa shape index (κ2) is 10.3. The molecule has 0 atom stereocenters. The smallest absolute Gasteiger partial charge is 0.206 e. The van der Waals surface area contributed by atoms with E-state index in [1.165, 1.54) is 11.3 Å². The number of hydrogen-bond acceptors (Lipinski definition) is 7. The van der Waals surface area contributed by atoms with Crippen LogP contribution in [0.4, 0.5) is 0 Å². The Kier molecular flexibility index (Phi) is 7.03. The summed E-state index contributed by atoms with van der Waals surface area (Å²) < 4.78 is 18.4. The molecular weight excluding hydrogens is 442 g/mol. The van der Waals surface area contributed by atoms with Gasteiger partial charge in [0.25, 0.3) is 0 Å². The van der Waals surface area contributed by atoms with Crippen LogP contribution in [0.15, 0.2) is 75.5 Å². The van der Waals surface area contributed by atoms with Crippen LogP contribution in [0.5, 0.6) is 17.2 Å². The molecule has 4 rings (SSSR count). The molecule has 0 radical (unpaired) electrons. The summed E-state index contributed by atoms with van der Waals surface area (Å²) in [7, 11) is 4.81. The topological polar surface area (TPSA) is 57.3 Å². The first-order chi connectivity index (χ1) is 15.7. The molecule has 0 spiro atoms. The van der Waals surface area contributed by atoms with E-state index in [1.54, 1.807) is 32.7 Å². The summed E-state index contributed by atoms with van der Waals surface area (Å²) in [5, 5.41) is 8.82. The van der Waals surface area contributed by atoms with E-state index < -0.39 is 0 Å². The van der Waals surface area contributed by atoms with Crippen molar-refractivity contribution in [2.45, 2.75) is 6.54 Å². The minimum atomic E-state index is 0.552. The van der Waals surface area contributed by atoms with E-state index in [0.29, 0.717) is 23.8 Å². The molecule has 2 aromatic heterocycles. The van der Waals surface area contributed by atoms with Gasteiger partial charge in [0, 0.05) is 15.8 Å². The number of benzene rings is 2. The van der Waals surface area contributed by atoms with E-state index in [-0.39, 0.29) is 0 Å². The maximum Gasteiger partial charge on any atom is 0.206 e. The molecule has 2 heterocycles. The SMILES string of the molecule is COc1cc(-c2csc(=NCc3ccccc3)n2N=Cc2cccs2)cc(OC)c1OC. The number of thiazole rings is 1. The molecule has 0 aliphatic heterocycles. The highest BCUT2D eigenvalue weighted by Crippen LogP contribution is 2.41. The van der Waals surface area contributed by atoms with Crippen molar-refractivity contribution in [1.82, 2.24) is 4.68 Å². The van der Waals surface area contributed by atoms with Gasteiger partial charge in [-0.3, -0.25) is 4.99 Å². The van der Waals surface area contributed by atoms with Crippen molar-refractivity contribution < 1.29 is 14.2 Å². The lowest BCUT2D eigenvalue weighted by molar-refractivity contribution is 0.324. The van der Waals surface area contributed by atoms with E-state index in [9.17, 15) is 0 Å². The molecule has 8 heteroatoms. The summed E-state index contributed by atoms with van der Waals surface area (Å²) in [6.07, 6.45) is 1.85. The van der Waals surface area contributed by atoms with Crippen molar-refractivity contribution >= 4 is 28.9 Å². The first kappa shape index (κ1) is 21.9. The predicted molar refractivity (Wildman–Crippen MR) is 130 cm³/mol. The number of hydrogen-bond donors (Lipinski definition) is 0. The highest BCUT2D eigenvalue weighted by molar-refractivity contribution is 7.11. The quantitative estimate of drug-likeness (QED) is 0.332. The number of methoxy groups -OCH3 is 3. The molecule has 0 saturated heterocycles. The van der Waals surface area contributed by atoms with E-state index in [2.05, 4.69) is 12.1 Å². The Hall–Kier alpha value is -3.36. The number of aromatic nitrogens is 1. The van der Waals surface area contributed by atoms with Crippen molar-refractivity contribution in [2.75, 3.05) is 21.3 Å². The van der Waals surface area contributed by atoms with Crippen LogP contribution in [-0.2, 0) is 6.54 Å². The summed E-state index contributed by atoms with van der Waals surface area (Å²) in [4.78, 5) is 6.69. The van der Waals surface area contributed by atoms with Crippen molar-refractivity contribution in [2.24, 2.45) is 10.1 Å². The Labute approximate surface area is 194 Å². The van der Waals surface area contributed by atoms with Crippen LogP contribution in [0, 0.1) is 0 Å². The zero-order valence-electron chi connectivity index (χ0n) is 18.0.